The van der Waals surface area contributed by atoms with Crippen LogP contribution < -0.4 is 5.32 Å². The minimum Gasteiger partial charge on any atom is -0.465 e. The van der Waals surface area contributed by atoms with Gasteiger partial charge in [0.2, 0.25) is 0 Å². The van der Waals surface area contributed by atoms with Crippen LogP contribution in [0.1, 0.15) is 23.1 Å². The van der Waals surface area contributed by atoms with Gasteiger partial charge in [0.1, 0.15) is 12.2 Å². The maximum atomic E-state index is 11.4. The van der Waals surface area contributed by atoms with Gasteiger partial charge < -0.3 is 10.1 Å². The highest BCUT2D eigenvalue weighted by Gasteiger charge is 2.09. The summed E-state index contributed by atoms with van der Waals surface area (Å²) in [6.07, 6.45) is 2.84. The van der Waals surface area contributed by atoms with Crippen LogP contribution >= 0.6 is 0 Å². The molecule has 0 saturated carbocycles. The van der Waals surface area contributed by atoms with Crippen molar-refractivity contribution in [2.75, 3.05) is 13.2 Å². The highest BCUT2D eigenvalue weighted by atomic mass is 16.5. The lowest BCUT2D eigenvalue weighted by Gasteiger charge is -2.04. The Labute approximate surface area is 93.0 Å². The number of aromatic nitrogens is 2. The molecule has 0 atom stereocenters. The number of hydrogen-bond acceptors (Lipinski definition) is 5. The van der Waals surface area contributed by atoms with Gasteiger partial charge in [-0.2, -0.15) is 0 Å². The van der Waals surface area contributed by atoms with Crippen molar-refractivity contribution in [3.63, 3.8) is 0 Å². The largest absolute Gasteiger partial charge is 0.465 e. The van der Waals surface area contributed by atoms with Crippen molar-refractivity contribution in [2.45, 2.75) is 13.8 Å². The first-order chi connectivity index (χ1) is 7.63. The first kappa shape index (κ1) is 12.1. The van der Waals surface area contributed by atoms with Crippen molar-refractivity contribution < 1.29 is 14.3 Å². The van der Waals surface area contributed by atoms with Gasteiger partial charge in [-0.25, -0.2) is 4.98 Å². The van der Waals surface area contributed by atoms with Gasteiger partial charge in [0.05, 0.1) is 18.5 Å². The third kappa shape index (κ3) is 3.64. The number of amides is 1. The minimum atomic E-state index is -0.476. The standard InChI is InChI=1S/C10H13N3O3/c1-3-16-9(14)6-13-10(15)8-5-11-7(2)4-12-8/h4-5H,3,6H2,1-2H3,(H,13,15). The molecule has 0 bridgehead atoms. The molecule has 0 saturated heterocycles. The number of carbonyl (C=O) groups excluding carboxylic acids is 2. The molecule has 1 N–H and O–H groups in total. The van der Waals surface area contributed by atoms with Crippen LogP contribution in [0.15, 0.2) is 12.4 Å². The Kier molecular flexibility index (Phi) is 4.38. The molecule has 1 heterocycles. The van der Waals surface area contributed by atoms with E-state index in [9.17, 15) is 9.59 Å². The van der Waals surface area contributed by atoms with Crippen LogP contribution in [0.25, 0.3) is 0 Å². The summed E-state index contributed by atoms with van der Waals surface area (Å²) < 4.78 is 4.66. The number of aryl methyl sites for hydroxylation is 1. The Morgan fingerprint density at radius 3 is 2.69 bits per heavy atom. The van der Waals surface area contributed by atoms with Crippen molar-refractivity contribution >= 4 is 11.9 Å². The number of rotatable bonds is 4. The molecule has 1 aromatic rings. The van der Waals surface area contributed by atoms with E-state index in [1.54, 1.807) is 13.8 Å². The maximum absolute atomic E-state index is 11.4. The molecule has 6 nitrogen and oxygen atoms in total. The summed E-state index contributed by atoms with van der Waals surface area (Å²) >= 11 is 0. The fraction of sp³-hybridized carbons (Fsp3) is 0.400. The molecule has 0 aromatic carbocycles. The first-order valence-corrected chi connectivity index (χ1v) is 4.86. The molecule has 0 fully saturated rings. The van der Waals surface area contributed by atoms with Gasteiger partial charge in [0, 0.05) is 6.20 Å². The van der Waals surface area contributed by atoms with E-state index in [0.29, 0.717) is 6.61 Å². The lowest BCUT2D eigenvalue weighted by atomic mass is 10.4. The zero-order chi connectivity index (χ0) is 12.0. The SMILES string of the molecule is CCOC(=O)CNC(=O)c1cnc(C)cn1. The number of hydrogen-bond donors (Lipinski definition) is 1. The average molecular weight is 223 g/mol. The molecule has 86 valence electrons. The van der Waals surface area contributed by atoms with Crippen molar-refractivity contribution in [3.8, 4) is 0 Å². The normalized spacial score (nSPS) is 9.62. The predicted octanol–water partition coefficient (Wildman–Crippen LogP) is 0.0779. The quantitative estimate of drug-likeness (QED) is 0.731. The third-order valence-corrected chi connectivity index (χ3v) is 1.71. The van der Waals surface area contributed by atoms with Crippen molar-refractivity contribution in [3.05, 3.63) is 23.8 Å². The van der Waals surface area contributed by atoms with Crippen LogP contribution in [0.4, 0.5) is 0 Å². The molecule has 16 heavy (non-hydrogen) atoms. The van der Waals surface area contributed by atoms with E-state index < -0.39 is 11.9 Å². The number of esters is 1. The minimum absolute atomic E-state index is 0.164. The molecule has 0 unspecified atom stereocenters. The Hall–Kier alpha value is -1.98. The fourth-order valence-corrected chi connectivity index (χ4v) is 0.965. The van der Waals surface area contributed by atoms with E-state index >= 15 is 0 Å². The first-order valence-electron chi connectivity index (χ1n) is 4.86. The summed E-state index contributed by atoms with van der Waals surface area (Å²) in [5.41, 5.74) is 0.900. The van der Waals surface area contributed by atoms with Crippen LogP contribution in [0.3, 0.4) is 0 Å². The topological polar surface area (TPSA) is 81.2 Å². The van der Waals surface area contributed by atoms with Crippen LogP contribution in [0, 0.1) is 6.92 Å². The highest BCUT2D eigenvalue weighted by molar-refractivity contribution is 5.93. The molecule has 0 spiro atoms. The number of carbonyl (C=O) groups is 2. The van der Waals surface area contributed by atoms with Gasteiger partial charge >= 0.3 is 5.97 Å². The molecule has 1 amide bonds. The monoisotopic (exact) mass is 223 g/mol. The summed E-state index contributed by atoms with van der Waals surface area (Å²) in [7, 11) is 0. The van der Waals surface area contributed by atoms with E-state index in [0.717, 1.165) is 5.69 Å². The lowest BCUT2D eigenvalue weighted by Crippen LogP contribution is -2.31. The summed E-state index contributed by atoms with van der Waals surface area (Å²) in [5.74, 6) is -0.920. The zero-order valence-electron chi connectivity index (χ0n) is 9.19. The second kappa shape index (κ2) is 5.79. The fourth-order valence-electron chi connectivity index (χ4n) is 0.965. The zero-order valence-corrected chi connectivity index (χ0v) is 9.19. The molecule has 0 aliphatic carbocycles. The van der Waals surface area contributed by atoms with Crippen LogP contribution in [-0.4, -0.2) is 35.0 Å². The van der Waals surface area contributed by atoms with Gasteiger partial charge in [-0.05, 0) is 13.8 Å². The van der Waals surface area contributed by atoms with E-state index in [4.69, 9.17) is 0 Å². The molecule has 0 aliphatic rings. The van der Waals surface area contributed by atoms with Gasteiger partial charge in [0.25, 0.3) is 5.91 Å². The Bertz CT molecular complexity index is 375. The number of ether oxygens (including phenoxy) is 1. The van der Waals surface area contributed by atoms with Gasteiger partial charge in [0.15, 0.2) is 0 Å². The van der Waals surface area contributed by atoms with Crippen LogP contribution in [0.2, 0.25) is 0 Å². The molecule has 1 rings (SSSR count). The van der Waals surface area contributed by atoms with E-state index in [-0.39, 0.29) is 12.2 Å². The maximum Gasteiger partial charge on any atom is 0.325 e. The second-order valence-electron chi connectivity index (χ2n) is 3.03. The van der Waals surface area contributed by atoms with Crippen LogP contribution in [-0.2, 0) is 9.53 Å². The average Bonchev–Trinajstić information content (AvgIpc) is 2.27. The summed E-state index contributed by atoms with van der Waals surface area (Å²) in [5, 5.41) is 2.39. The van der Waals surface area contributed by atoms with Gasteiger partial charge in [-0.3, -0.25) is 14.6 Å². The van der Waals surface area contributed by atoms with Crippen molar-refractivity contribution in [1.29, 1.82) is 0 Å². The molecule has 6 heteroatoms. The second-order valence-corrected chi connectivity index (χ2v) is 3.03. The molecular weight excluding hydrogens is 210 g/mol. The molecule has 1 aromatic heterocycles. The summed E-state index contributed by atoms with van der Waals surface area (Å²) in [4.78, 5) is 30.2. The molecule has 0 aliphatic heterocycles. The van der Waals surface area contributed by atoms with Crippen molar-refractivity contribution in [1.82, 2.24) is 15.3 Å². The Morgan fingerprint density at radius 1 is 1.38 bits per heavy atom. The summed E-state index contributed by atoms with van der Waals surface area (Å²) in [6, 6.07) is 0. The third-order valence-electron chi connectivity index (χ3n) is 1.71. The van der Waals surface area contributed by atoms with E-state index in [2.05, 4.69) is 20.0 Å². The van der Waals surface area contributed by atoms with Crippen molar-refractivity contribution in [2.24, 2.45) is 0 Å². The molecule has 0 radical (unpaired) electrons. The number of nitrogens with zero attached hydrogens (tertiary/aromatic N) is 2. The predicted molar refractivity (Wildman–Crippen MR) is 55.7 cm³/mol. The van der Waals surface area contributed by atoms with Crippen LogP contribution in [0.5, 0.6) is 0 Å². The molecular formula is C10H13N3O3. The Balaban J connectivity index is 2.47. The van der Waals surface area contributed by atoms with Gasteiger partial charge in [-0.15, -0.1) is 0 Å². The summed E-state index contributed by atoms with van der Waals surface area (Å²) in [6.45, 7) is 3.60. The highest BCUT2D eigenvalue weighted by Crippen LogP contribution is 1.93. The number of nitrogens with one attached hydrogen (secondary N) is 1. The van der Waals surface area contributed by atoms with E-state index in [1.807, 2.05) is 0 Å². The smallest absolute Gasteiger partial charge is 0.325 e. The Morgan fingerprint density at radius 2 is 2.12 bits per heavy atom. The lowest BCUT2D eigenvalue weighted by molar-refractivity contribution is -0.141. The van der Waals surface area contributed by atoms with Gasteiger partial charge in [-0.1, -0.05) is 0 Å². The van der Waals surface area contributed by atoms with E-state index in [1.165, 1.54) is 12.4 Å².